The van der Waals surface area contributed by atoms with Crippen molar-refractivity contribution in [2.75, 3.05) is 6.61 Å². The second kappa shape index (κ2) is 9.35. The van der Waals surface area contributed by atoms with Gasteiger partial charge < -0.3 is 9.15 Å². The minimum absolute atomic E-state index is 0.0178. The van der Waals surface area contributed by atoms with Gasteiger partial charge in [-0.3, -0.25) is 10.2 Å². The Morgan fingerprint density at radius 3 is 2.72 bits per heavy atom. The Morgan fingerprint density at radius 1 is 1.22 bits per heavy atom. The zero-order chi connectivity index (χ0) is 22.7. The zero-order valence-electron chi connectivity index (χ0n) is 17.8. The highest BCUT2D eigenvalue weighted by atomic mass is 32.2. The van der Waals surface area contributed by atoms with E-state index in [0.717, 1.165) is 29.9 Å². The number of benzene rings is 1. The molecule has 0 radical (unpaired) electrons. The molecule has 0 saturated carbocycles. The molecule has 1 amide bonds. The molecule has 4 rings (SSSR count). The van der Waals surface area contributed by atoms with Gasteiger partial charge in [-0.1, -0.05) is 25.5 Å². The molecule has 1 N–H and O–H groups in total. The maximum atomic E-state index is 12.5. The Kier molecular flexibility index (Phi) is 6.36. The maximum absolute atomic E-state index is 12.5. The lowest BCUT2D eigenvalue weighted by molar-refractivity contribution is -0.114. The van der Waals surface area contributed by atoms with Crippen molar-refractivity contribution in [2.45, 2.75) is 33.1 Å². The fraction of sp³-hybridized carbons (Fsp3) is 0.261. The highest BCUT2D eigenvalue weighted by Crippen LogP contribution is 2.31. The lowest BCUT2D eigenvalue weighted by Gasteiger charge is -2.19. The Hall–Kier alpha value is -3.46. The van der Waals surface area contributed by atoms with Crippen LogP contribution in [-0.4, -0.2) is 39.5 Å². The molecule has 32 heavy (non-hydrogen) atoms. The number of carbonyl (C=O) groups excluding carboxylic acids is 2. The summed E-state index contributed by atoms with van der Waals surface area (Å²) < 4.78 is 10.8. The molecular formula is C23H22N4O4S. The van der Waals surface area contributed by atoms with Crippen molar-refractivity contribution in [2.24, 2.45) is 10.1 Å². The van der Waals surface area contributed by atoms with Crippen molar-refractivity contribution < 1.29 is 18.7 Å². The number of thioether (sulfide) groups is 1. The van der Waals surface area contributed by atoms with E-state index in [4.69, 9.17) is 14.6 Å². The smallest absolute Gasteiger partial charge is 0.338 e. The number of rotatable bonds is 7. The van der Waals surface area contributed by atoms with Gasteiger partial charge in [0.15, 0.2) is 5.84 Å². The van der Waals surface area contributed by atoms with Gasteiger partial charge in [-0.2, -0.15) is 15.1 Å². The van der Waals surface area contributed by atoms with Crippen LogP contribution in [0.15, 0.2) is 56.5 Å². The number of esters is 1. The van der Waals surface area contributed by atoms with E-state index in [9.17, 15) is 9.59 Å². The summed E-state index contributed by atoms with van der Waals surface area (Å²) in [7, 11) is 0. The van der Waals surface area contributed by atoms with E-state index in [1.165, 1.54) is 22.8 Å². The predicted octanol–water partition coefficient (Wildman–Crippen LogP) is 4.93. The highest BCUT2D eigenvalue weighted by Gasteiger charge is 2.35. The number of nitrogens with zero attached hydrogens (tertiary/aromatic N) is 3. The molecule has 0 atom stereocenters. The second-order valence-corrected chi connectivity index (χ2v) is 8.16. The summed E-state index contributed by atoms with van der Waals surface area (Å²) >= 11 is 1.34. The topological polar surface area (TPSA) is 108 Å². The molecule has 0 aliphatic carbocycles. The number of nitrogens with one attached hydrogen (secondary N) is 1. The normalized spacial score (nSPS) is 16.8. The SMILES string of the molecule is CCCCC1=NN2C(=N)C(=Cc3ccc(-c4ccc(C(=O)OCC)cc4)o3)C(=O)N=C2S1. The molecule has 0 unspecified atom stereocenters. The van der Waals surface area contributed by atoms with Gasteiger partial charge in [-0.05, 0) is 61.9 Å². The Bertz CT molecular complexity index is 1160. The first-order valence-corrected chi connectivity index (χ1v) is 11.2. The van der Waals surface area contributed by atoms with Gasteiger partial charge in [0.05, 0.1) is 17.7 Å². The minimum atomic E-state index is -0.488. The number of amidine groups is 2. The van der Waals surface area contributed by atoms with Crippen LogP contribution < -0.4 is 0 Å². The molecule has 0 bridgehead atoms. The molecule has 0 saturated heterocycles. The Balaban J connectivity index is 1.53. The van der Waals surface area contributed by atoms with Gasteiger partial charge in [0.25, 0.3) is 5.91 Å². The number of unbranched alkanes of at least 4 members (excludes halogenated alkanes) is 1. The van der Waals surface area contributed by atoms with Crippen molar-refractivity contribution in [3.05, 3.63) is 53.3 Å². The lowest BCUT2D eigenvalue weighted by atomic mass is 10.1. The largest absolute Gasteiger partial charge is 0.462 e. The van der Waals surface area contributed by atoms with Gasteiger partial charge in [-0.15, -0.1) is 0 Å². The van der Waals surface area contributed by atoms with E-state index in [2.05, 4.69) is 17.0 Å². The van der Waals surface area contributed by atoms with E-state index in [-0.39, 0.29) is 17.4 Å². The van der Waals surface area contributed by atoms with Gasteiger partial charge in [0.1, 0.15) is 16.6 Å². The summed E-state index contributed by atoms with van der Waals surface area (Å²) in [5.74, 6) is 0.109. The van der Waals surface area contributed by atoms with Crippen LogP contribution in [0.1, 0.15) is 49.2 Å². The van der Waals surface area contributed by atoms with Gasteiger partial charge >= 0.3 is 5.97 Å². The summed E-state index contributed by atoms with van der Waals surface area (Å²) in [5.41, 5.74) is 1.35. The maximum Gasteiger partial charge on any atom is 0.338 e. The van der Waals surface area contributed by atoms with E-state index in [1.54, 1.807) is 43.3 Å². The standard InChI is InChI=1S/C23H22N4O4S/c1-3-5-6-19-26-27-20(24)17(21(28)25-23(27)32-19)13-16-11-12-18(31-16)14-7-9-15(10-8-14)22(29)30-4-2/h7-13,24H,3-6H2,1-2H3. The monoisotopic (exact) mass is 450 g/mol. The van der Waals surface area contributed by atoms with Crippen LogP contribution in [0.2, 0.25) is 0 Å². The number of hydrogen-bond acceptors (Lipinski definition) is 7. The molecule has 164 valence electrons. The highest BCUT2D eigenvalue weighted by molar-refractivity contribution is 8.26. The molecular weight excluding hydrogens is 428 g/mol. The number of fused-ring (bicyclic) bond motifs is 1. The fourth-order valence-electron chi connectivity index (χ4n) is 3.17. The molecule has 2 aliphatic heterocycles. The third-order valence-corrected chi connectivity index (χ3v) is 5.80. The third kappa shape index (κ3) is 4.43. The third-order valence-electron chi connectivity index (χ3n) is 4.83. The van der Waals surface area contributed by atoms with Crippen LogP contribution in [-0.2, 0) is 9.53 Å². The van der Waals surface area contributed by atoms with E-state index in [0.29, 0.717) is 28.9 Å². The number of amides is 1. The summed E-state index contributed by atoms with van der Waals surface area (Å²) in [5, 5.41) is 15.6. The Labute approximate surface area is 189 Å². The molecule has 0 fully saturated rings. The van der Waals surface area contributed by atoms with Crippen molar-refractivity contribution in [1.82, 2.24) is 5.01 Å². The number of ether oxygens (including phenoxy) is 1. The molecule has 8 nitrogen and oxygen atoms in total. The molecule has 2 aliphatic rings. The van der Waals surface area contributed by atoms with Gasteiger partial charge in [0.2, 0.25) is 5.17 Å². The molecule has 2 aromatic rings. The number of hydrazone groups is 1. The van der Waals surface area contributed by atoms with Crippen LogP contribution in [0.3, 0.4) is 0 Å². The number of hydrogen-bond donors (Lipinski definition) is 1. The molecule has 3 heterocycles. The Morgan fingerprint density at radius 2 is 2.00 bits per heavy atom. The summed E-state index contributed by atoms with van der Waals surface area (Å²) in [6.45, 7) is 4.18. The quantitative estimate of drug-likeness (QED) is 0.473. The van der Waals surface area contributed by atoms with Crippen molar-refractivity contribution in [1.29, 1.82) is 5.41 Å². The van der Waals surface area contributed by atoms with E-state index in [1.807, 2.05) is 0 Å². The average Bonchev–Trinajstić information content (AvgIpc) is 3.42. The molecule has 1 aromatic carbocycles. The van der Waals surface area contributed by atoms with Crippen LogP contribution >= 0.6 is 11.8 Å². The van der Waals surface area contributed by atoms with Crippen molar-refractivity contribution >= 4 is 45.8 Å². The second-order valence-electron chi connectivity index (χ2n) is 7.12. The summed E-state index contributed by atoms with van der Waals surface area (Å²) in [6.07, 6.45) is 4.34. The van der Waals surface area contributed by atoms with E-state index < -0.39 is 5.91 Å². The molecule has 9 heteroatoms. The number of furan rings is 1. The molecule has 1 aromatic heterocycles. The van der Waals surface area contributed by atoms with Crippen LogP contribution in [0.25, 0.3) is 17.4 Å². The average molecular weight is 451 g/mol. The van der Waals surface area contributed by atoms with Crippen LogP contribution in [0.5, 0.6) is 0 Å². The fourth-order valence-corrected chi connectivity index (χ4v) is 4.10. The first-order valence-electron chi connectivity index (χ1n) is 10.4. The van der Waals surface area contributed by atoms with E-state index >= 15 is 0 Å². The molecule has 0 spiro atoms. The lowest BCUT2D eigenvalue weighted by Crippen LogP contribution is -2.35. The minimum Gasteiger partial charge on any atom is -0.462 e. The predicted molar refractivity (Wildman–Crippen MR) is 125 cm³/mol. The number of carbonyl (C=O) groups is 2. The van der Waals surface area contributed by atoms with Crippen LogP contribution in [0, 0.1) is 5.41 Å². The van der Waals surface area contributed by atoms with Crippen molar-refractivity contribution in [3.63, 3.8) is 0 Å². The van der Waals surface area contributed by atoms with Gasteiger partial charge in [0, 0.05) is 5.56 Å². The first-order chi connectivity index (χ1) is 15.5. The number of aliphatic imine (C=N–C) groups is 1. The van der Waals surface area contributed by atoms with Crippen LogP contribution in [0.4, 0.5) is 0 Å². The zero-order valence-corrected chi connectivity index (χ0v) is 18.6. The first kappa shape index (κ1) is 21.8. The van der Waals surface area contributed by atoms with Crippen molar-refractivity contribution in [3.8, 4) is 11.3 Å². The van der Waals surface area contributed by atoms with Gasteiger partial charge in [-0.25, -0.2) is 4.79 Å². The summed E-state index contributed by atoms with van der Waals surface area (Å²) in [4.78, 5) is 28.4. The summed E-state index contributed by atoms with van der Waals surface area (Å²) in [6, 6.07) is 10.4.